The summed E-state index contributed by atoms with van der Waals surface area (Å²) in [5.41, 5.74) is 0. The van der Waals surface area contributed by atoms with E-state index < -0.39 is 24.1 Å². The fourth-order valence-corrected chi connectivity index (χ4v) is 2.42. The number of hydrogen-bond donors (Lipinski definition) is 3. The van der Waals surface area contributed by atoms with Crippen LogP contribution in [0.2, 0.25) is 0 Å². The van der Waals surface area contributed by atoms with E-state index in [2.05, 4.69) is 12.2 Å². The van der Waals surface area contributed by atoms with Crippen molar-refractivity contribution < 1.29 is 19.8 Å². The van der Waals surface area contributed by atoms with Gasteiger partial charge >= 0.3 is 12.0 Å². The summed E-state index contributed by atoms with van der Waals surface area (Å²) < 4.78 is 0. The van der Waals surface area contributed by atoms with Gasteiger partial charge in [-0.15, -0.1) is 0 Å². The second kappa shape index (κ2) is 6.75. The molecular weight excluding hydrogens is 248 g/mol. The Morgan fingerprint density at radius 3 is 2.21 bits per heavy atom. The molecule has 0 aromatic rings. The van der Waals surface area contributed by atoms with Gasteiger partial charge in [-0.2, -0.15) is 0 Å². The number of urea groups is 1. The van der Waals surface area contributed by atoms with E-state index >= 15 is 0 Å². The summed E-state index contributed by atoms with van der Waals surface area (Å²) in [6.45, 7) is 3.55. The first-order valence-electron chi connectivity index (χ1n) is 6.77. The van der Waals surface area contributed by atoms with Crippen molar-refractivity contribution in [2.75, 3.05) is 7.05 Å². The van der Waals surface area contributed by atoms with Crippen LogP contribution in [0.25, 0.3) is 0 Å². The minimum atomic E-state index is -1.27. The van der Waals surface area contributed by atoms with Gasteiger partial charge in [0, 0.05) is 13.1 Å². The molecule has 3 N–H and O–H groups in total. The Hall–Kier alpha value is -1.30. The zero-order valence-corrected chi connectivity index (χ0v) is 11.8. The second-order valence-corrected chi connectivity index (χ2v) is 5.53. The van der Waals surface area contributed by atoms with Crippen LogP contribution in [0.15, 0.2) is 0 Å². The van der Waals surface area contributed by atoms with Crippen molar-refractivity contribution in [1.29, 1.82) is 0 Å². The fraction of sp³-hybridized carbons (Fsp3) is 0.846. The van der Waals surface area contributed by atoms with Crippen LogP contribution in [-0.4, -0.2) is 52.3 Å². The molecule has 0 aromatic carbocycles. The Kier molecular flexibility index (Phi) is 5.60. The van der Waals surface area contributed by atoms with Gasteiger partial charge in [-0.05, 0) is 38.5 Å². The smallest absolute Gasteiger partial charge is 0.328 e. The van der Waals surface area contributed by atoms with Crippen LogP contribution < -0.4 is 5.32 Å². The van der Waals surface area contributed by atoms with Gasteiger partial charge in [-0.25, -0.2) is 9.59 Å². The third-order valence-corrected chi connectivity index (χ3v) is 3.88. The molecule has 2 amide bonds. The molecular formula is C13H24N2O4. The average Bonchev–Trinajstić information content (AvgIpc) is 2.34. The van der Waals surface area contributed by atoms with Crippen molar-refractivity contribution in [2.45, 2.75) is 57.7 Å². The highest BCUT2D eigenvalue weighted by molar-refractivity contribution is 5.83. The van der Waals surface area contributed by atoms with Crippen LogP contribution in [0.3, 0.4) is 0 Å². The van der Waals surface area contributed by atoms with Crippen LogP contribution in [0.4, 0.5) is 4.79 Å². The minimum absolute atomic E-state index is 0.152. The van der Waals surface area contributed by atoms with Gasteiger partial charge in [0.1, 0.15) is 0 Å². The number of carbonyl (C=O) groups is 2. The maximum atomic E-state index is 12.0. The molecule has 19 heavy (non-hydrogen) atoms. The number of nitrogens with one attached hydrogen (secondary N) is 1. The summed E-state index contributed by atoms with van der Waals surface area (Å²) in [6, 6.07) is -1.55. The highest BCUT2D eigenvalue weighted by Gasteiger charge is 2.29. The van der Waals surface area contributed by atoms with E-state index in [1.54, 1.807) is 11.9 Å². The molecule has 0 bridgehead atoms. The van der Waals surface area contributed by atoms with Gasteiger partial charge in [0.2, 0.25) is 0 Å². The zero-order valence-electron chi connectivity index (χ0n) is 11.8. The van der Waals surface area contributed by atoms with Gasteiger partial charge in [-0.1, -0.05) is 6.92 Å². The predicted octanol–water partition coefficient (Wildman–Crippen LogP) is 1.04. The molecule has 1 saturated carbocycles. The van der Waals surface area contributed by atoms with E-state index in [9.17, 15) is 14.7 Å². The van der Waals surface area contributed by atoms with Crippen molar-refractivity contribution in [3.05, 3.63) is 0 Å². The average molecular weight is 272 g/mol. The number of carbonyl (C=O) groups excluding carboxylic acids is 1. The highest BCUT2D eigenvalue weighted by Crippen LogP contribution is 2.26. The van der Waals surface area contributed by atoms with Gasteiger partial charge in [0.05, 0.1) is 6.10 Å². The molecule has 1 aliphatic carbocycles. The summed E-state index contributed by atoms with van der Waals surface area (Å²) >= 11 is 0. The quantitative estimate of drug-likeness (QED) is 0.713. The number of carboxylic acid groups (broad SMARTS) is 1. The number of aliphatic hydroxyl groups excluding tert-OH is 1. The molecule has 0 saturated heterocycles. The molecule has 6 nitrogen and oxygen atoms in total. The standard InChI is InChI=1S/C13H24N2O4/c1-8-4-6-10(7-5-8)15(3)13(19)14-11(9(2)16)12(17)18/h8-11,16H,4-7H2,1-3H3,(H,14,19)(H,17,18)/t8?,9-,10?,11+/m1/s1. The number of rotatable bonds is 4. The lowest BCUT2D eigenvalue weighted by molar-refractivity contribution is -0.141. The summed E-state index contributed by atoms with van der Waals surface area (Å²) in [6.07, 6.45) is 2.93. The second-order valence-electron chi connectivity index (χ2n) is 5.53. The number of amides is 2. The van der Waals surface area contributed by atoms with Gasteiger partial charge < -0.3 is 20.4 Å². The summed E-state index contributed by atoms with van der Waals surface area (Å²) in [4.78, 5) is 24.5. The van der Waals surface area contributed by atoms with Crippen molar-refractivity contribution >= 4 is 12.0 Å². The topological polar surface area (TPSA) is 89.9 Å². The van der Waals surface area contributed by atoms with Gasteiger partial charge in [0.25, 0.3) is 0 Å². The largest absolute Gasteiger partial charge is 0.480 e. The molecule has 110 valence electrons. The lowest BCUT2D eigenvalue weighted by Crippen LogP contribution is -2.53. The predicted molar refractivity (Wildman–Crippen MR) is 70.8 cm³/mol. The van der Waals surface area contributed by atoms with Crippen molar-refractivity contribution in [1.82, 2.24) is 10.2 Å². The third kappa shape index (κ3) is 4.38. The van der Waals surface area contributed by atoms with Crippen molar-refractivity contribution in [2.24, 2.45) is 5.92 Å². The number of carboxylic acids is 1. The molecule has 1 rings (SSSR count). The highest BCUT2D eigenvalue weighted by atomic mass is 16.4. The van der Waals surface area contributed by atoms with E-state index in [0.717, 1.165) is 25.7 Å². The van der Waals surface area contributed by atoms with E-state index in [-0.39, 0.29) is 6.04 Å². The Labute approximate surface area is 113 Å². The number of aliphatic carboxylic acids is 1. The Bertz CT molecular complexity index is 325. The first-order valence-corrected chi connectivity index (χ1v) is 6.77. The molecule has 0 radical (unpaired) electrons. The minimum Gasteiger partial charge on any atom is -0.480 e. The van der Waals surface area contributed by atoms with Gasteiger partial charge in [0.15, 0.2) is 6.04 Å². The van der Waals surface area contributed by atoms with Crippen LogP contribution >= 0.6 is 0 Å². The fourth-order valence-electron chi connectivity index (χ4n) is 2.42. The molecule has 0 unspecified atom stereocenters. The lowest BCUT2D eigenvalue weighted by atomic mass is 9.87. The molecule has 0 spiro atoms. The van der Waals surface area contributed by atoms with Crippen molar-refractivity contribution in [3.63, 3.8) is 0 Å². The lowest BCUT2D eigenvalue weighted by Gasteiger charge is -2.34. The summed E-state index contributed by atoms with van der Waals surface area (Å²) in [7, 11) is 1.68. The van der Waals surface area contributed by atoms with E-state index in [0.29, 0.717) is 5.92 Å². The molecule has 2 atom stereocenters. The Morgan fingerprint density at radius 1 is 1.26 bits per heavy atom. The molecule has 0 heterocycles. The van der Waals surface area contributed by atoms with Crippen molar-refractivity contribution in [3.8, 4) is 0 Å². The zero-order chi connectivity index (χ0) is 14.6. The van der Waals surface area contributed by atoms with Crippen LogP contribution in [0.5, 0.6) is 0 Å². The normalized spacial score (nSPS) is 26.3. The molecule has 1 fully saturated rings. The summed E-state index contributed by atoms with van der Waals surface area (Å²) in [5.74, 6) is -0.536. The summed E-state index contributed by atoms with van der Waals surface area (Å²) in [5, 5.41) is 20.6. The monoisotopic (exact) mass is 272 g/mol. The first-order chi connectivity index (χ1) is 8.82. The van der Waals surface area contributed by atoms with E-state index in [1.165, 1.54) is 6.92 Å². The molecule has 1 aliphatic rings. The number of nitrogens with zero attached hydrogens (tertiary/aromatic N) is 1. The molecule has 6 heteroatoms. The van der Waals surface area contributed by atoms with Crippen LogP contribution in [0, 0.1) is 5.92 Å². The number of aliphatic hydroxyl groups is 1. The van der Waals surface area contributed by atoms with Crippen LogP contribution in [-0.2, 0) is 4.79 Å². The molecule has 0 aliphatic heterocycles. The first kappa shape index (κ1) is 15.8. The van der Waals surface area contributed by atoms with E-state index in [1.807, 2.05) is 0 Å². The Balaban J connectivity index is 2.54. The Morgan fingerprint density at radius 2 is 1.79 bits per heavy atom. The molecule has 0 aromatic heterocycles. The van der Waals surface area contributed by atoms with Gasteiger partial charge in [-0.3, -0.25) is 0 Å². The van der Waals surface area contributed by atoms with Crippen LogP contribution in [0.1, 0.15) is 39.5 Å². The SMILES string of the molecule is CC1CCC(N(C)C(=O)N[C@H](C(=O)O)[C@@H](C)O)CC1. The maximum absolute atomic E-state index is 12.0. The number of hydrogen-bond acceptors (Lipinski definition) is 3. The maximum Gasteiger partial charge on any atom is 0.328 e. The van der Waals surface area contributed by atoms with E-state index in [4.69, 9.17) is 5.11 Å². The third-order valence-electron chi connectivity index (χ3n) is 3.88.